The molecule has 1 unspecified atom stereocenters. The number of cyclic esters (lactones) is 1. The summed E-state index contributed by atoms with van der Waals surface area (Å²) in [6.07, 6.45) is 5.48. The Labute approximate surface area is 421 Å². The Bertz CT molecular complexity index is 2850. The molecule has 19 nitrogen and oxygen atoms in total. The van der Waals surface area contributed by atoms with Crippen molar-refractivity contribution in [2.24, 2.45) is 23.2 Å². The molecule has 0 spiro atoms. The van der Waals surface area contributed by atoms with Crippen LogP contribution in [-0.4, -0.2) is 139 Å². The van der Waals surface area contributed by atoms with E-state index in [1.807, 2.05) is 24.4 Å². The van der Waals surface area contributed by atoms with Gasteiger partial charge in [-0.05, 0) is 103 Å². The van der Waals surface area contributed by atoms with Gasteiger partial charge in [0.2, 0.25) is 11.8 Å². The maximum Gasteiger partial charge on any atom is 0.324 e. The molecule has 4 N–H and O–H groups in total. The topological polar surface area (TPSA) is 231 Å². The molecule has 2 aromatic heterocycles. The summed E-state index contributed by atoms with van der Waals surface area (Å²) in [5.74, 6) is -4.40. The summed E-state index contributed by atoms with van der Waals surface area (Å²) in [7, 11) is 0.381. The van der Waals surface area contributed by atoms with Gasteiger partial charge < -0.3 is 34.1 Å². The third-order valence-electron chi connectivity index (χ3n) is 14.4. The lowest BCUT2D eigenvalue weighted by molar-refractivity contribution is -0.155. The number of nitrogens with zero attached hydrogens (tertiary/aromatic N) is 5. The summed E-state index contributed by atoms with van der Waals surface area (Å²) in [5.41, 5.74) is 9.46. The quantitative estimate of drug-likeness (QED) is 0.139. The minimum atomic E-state index is -4.03. The number of carbonyl (C=O) groups is 5. The number of esters is 2. The van der Waals surface area contributed by atoms with Crippen LogP contribution in [0.1, 0.15) is 77.0 Å². The SMILES string of the molecule is CCn1c(-c2cnccc2COC)c2c3cc(ccc31)-c1cc(O)cc(c1)C[C@H](NC(=O)[C@H](C(C)C)N(C)C(=O)[C@H]1CCN(S(=O)(=O)NC3C[C@@H]3C(=O)OC)C1)C(=O)N1CCC[C@H](N1)C(=O)OCC(C)(C)C2. The predicted octanol–water partition coefficient (Wildman–Crippen LogP) is 4.09. The van der Waals surface area contributed by atoms with Crippen LogP contribution in [0.5, 0.6) is 5.75 Å². The highest BCUT2D eigenvalue weighted by molar-refractivity contribution is 7.87. The molecule has 8 rings (SSSR count). The van der Waals surface area contributed by atoms with E-state index in [0.29, 0.717) is 50.0 Å². The van der Waals surface area contributed by atoms with Crippen molar-refractivity contribution in [3.05, 3.63) is 71.5 Å². The van der Waals surface area contributed by atoms with Crippen LogP contribution in [0.3, 0.4) is 0 Å². The number of likely N-dealkylation sites (N-methyl/N-ethyl adjacent to an activating group) is 1. The number of phenolic OH excluding ortho intramolecular Hbond substituents is 1. The summed E-state index contributed by atoms with van der Waals surface area (Å²) < 4.78 is 49.0. The largest absolute Gasteiger partial charge is 0.508 e. The molecule has 72 heavy (non-hydrogen) atoms. The number of aryl methyl sites for hydroxylation is 1. The van der Waals surface area contributed by atoms with Crippen LogP contribution in [0.25, 0.3) is 33.3 Å². The Balaban J connectivity index is 1.12. The van der Waals surface area contributed by atoms with Gasteiger partial charge in [-0.3, -0.25) is 34.0 Å². The second kappa shape index (κ2) is 21.3. The van der Waals surface area contributed by atoms with Crippen molar-refractivity contribution in [1.82, 2.24) is 39.2 Å². The molecular formula is C52H68N8O11S. The first kappa shape index (κ1) is 52.4. The summed E-state index contributed by atoms with van der Waals surface area (Å²) >= 11 is 0. The van der Waals surface area contributed by atoms with Gasteiger partial charge in [0, 0.05) is 87.1 Å². The number of hydrazine groups is 1. The van der Waals surface area contributed by atoms with Crippen LogP contribution >= 0.6 is 0 Å². The van der Waals surface area contributed by atoms with Crippen molar-refractivity contribution in [3.8, 4) is 28.1 Å². The summed E-state index contributed by atoms with van der Waals surface area (Å²) in [5, 5.41) is 16.6. The predicted molar refractivity (Wildman–Crippen MR) is 268 cm³/mol. The number of pyridine rings is 1. The molecule has 1 saturated carbocycles. The number of nitrogens with one attached hydrogen (secondary N) is 3. The average Bonchev–Trinajstić information content (AvgIpc) is 3.77. The Morgan fingerprint density at radius 2 is 1.83 bits per heavy atom. The molecule has 3 fully saturated rings. The monoisotopic (exact) mass is 1010 g/mol. The van der Waals surface area contributed by atoms with E-state index in [-0.39, 0.29) is 44.8 Å². The van der Waals surface area contributed by atoms with E-state index in [1.165, 1.54) is 28.4 Å². The minimum absolute atomic E-state index is 0.0465. The molecule has 0 radical (unpaired) electrons. The van der Waals surface area contributed by atoms with E-state index in [4.69, 9.17) is 14.2 Å². The molecule has 3 aliphatic heterocycles. The fraction of sp³-hybridized carbons (Fsp3) is 0.538. The van der Waals surface area contributed by atoms with E-state index < -0.39 is 87.2 Å². The lowest BCUT2D eigenvalue weighted by atomic mass is 9.84. The minimum Gasteiger partial charge on any atom is -0.508 e. The zero-order chi connectivity index (χ0) is 51.8. The zero-order valence-electron chi connectivity index (χ0n) is 42.4. The Hall–Kier alpha value is -5.93. The first-order chi connectivity index (χ1) is 34.2. The van der Waals surface area contributed by atoms with E-state index in [9.17, 15) is 37.5 Å². The van der Waals surface area contributed by atoms with Crippen molar-refractivity contribution < 1.29 is 51.7 Å². The normalized spacial score (nSPS) is 23.1. The molecule has 5 heterocycles. The number of rotatable bonds is 13. The molecule has 3 amide bonds. The third kappa shape index (κ3) is 11.0. The molecule has 2 aromatic carbocycles. The van der Waals surface area contributed by atoms with Gasteiger partial charge >= 0.3 is 11.9 Å². The number of phenols is 1. The van der Waals surface area contributed by atoms with Crippen LogP contribution < -0.4 is 15.5 Å². The number of hydrogen-bond acceptors (Lipinski definition) is 13. The number of hydrogen-bond donors (Lipinski definition) is 4. The van der Waals surface area contributed by atoms with Crippen molar-refractivity contribution in [1.29, 1.82) is 0 Å². The molecule has 6 atom stereocenters. The van der Waals surface area contributed by atoms with E-state index in [2.05, 4.69) is 57.9 Å². The van der Waals surface area contributed by atoms with Crippen LogP contribution in [-0.2, 0) is 74.4 Å². The van der Waals surface area contributed by atoms with Crippen molar-refractivity contribution in [2.75, 3.05) is 47.5 Å². The lowest BCUT2D eigenvalue weighted by Gasteiger charge is -2.37. The number of amides is 3. The molecular weight excluding hydrogens is 945 g/mol. The van der Waals surface area contributed by atoms with Gasteiger partial charge in [-0.2, -0.15) is 17.4 Å². The second-order valence-corrected chi connectivity index (χ2v) is 22.5. The lowest BCUT2D eigenvalue weighted by Crippen LogP contribution is -2.62. The maximum absolute atomic E-state index is 14.8. The first-order valence-corrected chi connectivity index (χ1v) is 26.2. The van der Waals surface area contributed by atoms with Gasteiger partial charge in [0.15, 0.2) is 0 Å². The van der Waals surface area contributed by atoms with Crippen molar-refractivity contribution in [2.45, 2.75) is 110 Å². The van der Waals surface area contributed by atoms with Crippen LogP contribution in [0.15, 0.2) is 54.9 Å². The van der Waals surface area contributed by atoms with Crippen LogP contribution in [0.2, 0.25) is 0 Å². The van der Waals surface area contributed by atoms with Crippen molar-refractivity contribution >= 4 is 50.8 Å². The Kier molecular flexibility index (Phi) is 15.5. The molecule has 388 valence electrons. The summed E-state index contributed by atoms with van der Waals surface area (Å²) in [6, 6.07) is 9.48. The zero-order valence-corrected chi connectivity index (χ0v) is 43.2. The number of benzene rings is 2. The van der Waals surface area contributed by atoms with Gasteiger partial charge in [-0.25, -0.2) is 5.43 Å². The number of methoxy groups -OCH3 is 2. The fourth-order valence-corrected chi connectivity index (χ4v) is 12.2. The molecule has 4 aliphatic rings. The van der Waals surface area contributed by atoms with E-state index in [1.54, 1.807) is 39.3 Å². The molecule has 20 heteroatoms. The van der Waals surface area contributed by atoms with Gasteiger partial charge in [0.25, 0.3) is 16.1 Å². The molecule has 2 saturated heterocycles. The molecule has 4 aromatic rings. The molecule has 6 bridgehead atoms. The summed E-state index contributed by atoms with van der Waals surface area (Å²) in [6.45, 7) is 11.0. The van der Waals surface area contributed by atoms with Crippen LogP contribution in [0, 0.1) is 23.2 Å². The Morgan fingerprint density at radius 1 is 1.06 bits per heavy atom. The van der Waals surface area contributed by atoms with Gasteiger partial charge in [-0.1, -0.05) is 39.8 Å². The van der Waals surface area contributed by atoms with Crippen LogP contribution in [0.4, 0.5) is 0 Å². The number of aromatic nitrogens is 2. The highest BCUT2D eigenvalue weighted by Crippen LogP contribution is 2.42. The second-order valence-electron chi connectivity index (χ2n) is 20.8. The van der Waals surface area contributed by atoms with Crippen molar-refractivity contribution in [3.63, 3.8) is 0 Å². The third-order valence-corrected chi connectivity index (χ3v) is 16.0. The number of fused-ring (bicyclic) bond motifs is 6. The smallest absolute Gasteiger partial charge is 0.324 e. The van der Waals surface area contributed by atoms with E-state index in [0.717, 1.165) is 38.9 Å². The number of ether oxygens (including phenoxy) is 3. The highest BCUT2D eigenvalue weighted by Gasteiger charge is 2.49. The maximum atomic E-state index is 14.8. The Morgan fingerprint density at radius 3 is 2.56 bits per heavy atom. The van der Waals surface area contributed by atoms with Gasteiger partial charge in [-0.15, -0.1) is 0 Å². The standard InChI is InChI=1S/C52H68N8O11S/c1-9-59-44-13-12-32-23-37(44)39(46(59)40-26-53-16-14-34(40)28-69-7)25-52(4,5)29-71-51(66)41-11-10-17-60(55-41)49(64)43(21-31-19-35(32)22-36(61)20-31)54-47(62)45(30(2)3)57(6)48(63)33-15-18-58(27-33)72(67,68)56-42-24-38(42)50(65)70-8/h12-14,16,19-20,22-23,26,30,33,38,41-43,45,55-56,61H,9-11,15,17-18,21,24-25,27-29H2,1-8H3,(H,54,62)/t33-,38-,41-,42?,43-,45-/m0/s1. The number of aromatic hydroxyl groups is 1. The highest BCUT2D eigenvalue weighted by atomic mass is 32.2. The number of carbonyl (C=O) groups excluding carboxylic acids is 5. The van der Waals surface area contributed by atoms with E-state index >= 15 is 0 Å². The van der Waals surface area contributed by atoms with Gasteiger partial charge in [0.1, 0.15) is 23.9 Å². The summed E-state index contributed by atoms with van der Waals surface area (Å²) in [4.78, 5) is 75.4. The first-order valence-electron chi connectivity index (χ1n) is 24.8. The molecule has 1 aliphatic carbocycles. The van der Waals surface area contributed by atoms with Gasteiger partial charge in [0.05, 0.1) is 37.9 Å². The average molecular weight is 1010 g/mol. The fourth-order valence-electron chi connectivity index (χ4n) is 10.7.